The molecular formula is C47H37N. The molecule has 1 nitrogen and oxygen atoms in total. The van der Waals surface area contributed by atoms with E-state index in [0.29, 0.717) is 0 Å². The van der Waals surface area contributed by atoms with Crippen molar-refractivity contribution in [3.05, 3.63) is 186 Å². The molecule has 0 fully saturated rings. The SMILES string of the molecule is CC1(C)c2cc(-c3ccccc3)ccc2-c2ccc(-c3ccc(N(c4ccc(-c5ccccc5)cc4)c4ccc5c(c4)CC5)cc3)cc21. The lowest BCUT2D eigenvalue weighted by atomic mass is 9.81. The first-order valence-electron chi connectivity index (χ1n) is 17.1. The number of nitrogens with zero attached hydrogens (tertiary/aromatic N) is 1. The molecule has 0 saturated heterocycles. The highest BCUT2D eigenvalue weighted by molar-refractivity contribution is 5.86. The van der Waals surface area contributed by atoms with E-state index in [1.807, 2.05) is 0 Å². The summed E-state index contributed by atoms with van der Waals surface area (Å²) in [6, 6.07) is 60.4. The van der Waals surface area contributed by atoms with Gasteiger partial charge in [-0.15, -0.1) is 0 Å². The highest BCUT2D eigenvalue weighted by Crippen LogP contribution is 2.51. The number of hydrogen-bond donors (Lipinski definition) is 0. The van der Waals surface area contributed by atoms with Crippen molar-refractivity contribution in [3.8, 4) is 44.5 Å². The fraction of sp³-hybridized carbons (Fsp3) is 0.106. The number of fused-ring (bicyclic) bond motifs is 4. The lowest BCUT2D eigenvalue weighted by Gasteiger charge is -2.29. The van der Waals surface area contributed by atoms with Gasteiger partial charge in [0.1, 0.15) is 0 Å². The molecule has 0 unspecified atom stereocenters. The van der Waals surface area contributed by atoms with Gasteiger partial charge < -0.3 is 4.90 Å². The Morgan fingerprint density at radius 3 is 1.27 bits per heavy atom. The predicted molar refractivity (Wildman–Crippen MR) is 202 cm³/mol. The van der Waals surface area contributed by atoms with Crippen molar-refractivity contribution in [2.45, 2.75) is 32.1 Å². The molecule has 7 aromatic carbocycles. The van der Waals surface area contributed by atoms with E-state index in [1.54, 1.807) is 0 Å². The molecule has 0 N–H and O–H groups in total. The Balaban J connectivity index is 1.06. The molecule has 2 aliphatic rings. The molecule has 1 heteroatoms. The molecule has 0 heterocycles. The lowest BCUT2D eigenvalue weighted by Crippen LogP contribution is -2.15. The molecule has 0 saturated carbocycles. The van der Waals surface area contributed by atoms with E-state index in [2.05, 4.69) is 183 Å². The van der Waals surface area contributed by atoms with Crippen LogP contribution >= 0.6 is 0 Å². The number of anilines is 3. The average Bonchev–Trinajstić information content (AvgIpc) is 3.36. The quantitative estimate of drug-likeness (QED) is 0.180. The van der Waals surface area contributed by atoms with Crippen molar-refractivity contribution < 1.29 is 0 Å². The van der Waals surface area contributed by atoms with E-state index in [9.17, 15) is 0 Å². The van der Waals surface area contributed by atoms with Crippen LogP contribution in [0.2, 0.25) is 0 Å². The Morgan fingerprint density at radius 1 is 0.375 bits per heavy atom. The maximum Gasteiger partial charge on any atom is 0.0464 e. The van der Waals surface area contributed by atoms with Crippen molar-refractivity contribution in [1.29, 1.82) is 0 Å². The van der Waals surface area contributed by atoms with Crippen LogP contribution in [0, 0.1) is 0 Å². The Morgan fingerprint density at radius 2 is 0.792 bits per heavy atom. The highest BCUT2D eigenvalue weighted by Gasteiger charge is 2.36. The first-order valence-corrected chi connectivity index (χ1v) is 17.1. The van der Waals surface area contributed by atoms with Gasteiger partial charge in [0.2, 0.25) is 0 Å². The summed E-state index contributed by atoms with van der Waals surface area (Å²) in [5.74, 6) is 0. The average molecular weight is 616 g/mol. The van der Waals surface area contributed by atoms with Crippen LogP contribution in [0.25, 0.3) is 44.5 Å². The van der Waals surface area contributed by atoms with Crippen LogP contribution in [-0.2, 0) is 18.3 Å². The fourth-order valence-corrected chi connectivity index (χ4v) is 7.73. The van der Waals surface area contributed by atoms with Gasteiger partial charge in [0, 0.05) is 22.5 Å². The van der Waals surface area contributed by atoms with E-state index in [-0.39, 0.29) is 5.41 Å². The van der Waals surface area contributed by atoms with Crippen LogP contribution in [0.3, 0.4) is 0 Å². The Hall–Kier alpha value is -5.66. The third kappa shape index (κ3) is 4.78. The number of rotatable bonds is 6. The predicted octanol–water partition coefficient (Wildman–Crippen LogP) is 12.6. The van der Waals surface area contributed by atoms with Gasteiger partial charge in [0.15, 0.2) is 0 Å². The van der Waals surface area contributed by atoms with Crippen LogP contribution in [0.15, 0.2) is 164 Å². The summed E-state index contributed by atoms with van der Waals surface area (Å²) in [5, 5.41) is 0. The van der Waals surface area contributed by atoms with Crippen molar-refractivity contribution >= 4 is 17.1 Å². The van der Waals surface area contributed by atoms with E-state index in [0.717, 1.165) is 17.8 Å². The number of hydrogen-bond acceptors (Lipinski definition) is 1. The number of benzene rings is 7. The van der Waals surface area contributed by atoms with Gasteiger partial charge in [-0.1, -0.05) is 129 Å². The van der Waals surface area contributed by atoms with Crippen molar-refractivity contribution in [3.63, 3.8) is 0 Å². The van der Waals surface area contributed by atoms with Crippen LogP contribution in [0.1, 0.15) is 36.1 Å². The molecule has 0 bridgehead atoms. The molecule has 48 heavy (non-hydrogen) atoms. The van der Waals surface area contributed by atoms with Crippen LogP contribution in [-0.4, -0.2) is 0 Å². The molecule has 0 aromatic heterocycles. The summed E-state index contributed by atoms with van der Waals surface area (Å²) < 4.78 is 0. The van der Waals surface area contributed by atoms with E-state index >= 15 is 0 Å². The van der Waals surface area contributed by atoms with Crippen molar-refractivity contribution in [2.24, 2.45) is 0 Å². The van der Waals surface area contributed by atoms with Crippen LogP contribution < -0.4 is 4.90 Å². The lowest BCUT2D eigenvalue weighted by molar-refractivity contribution is 0.661. The molecule has 0 amide bonds. The van der Waals surface area contributed by atoms with Crippen LogP contribution in [0.5, 0.6) is 0 Å². The zero-order valence-electron chi connectivity index (χ0n) is 27.4. The molecule has 0 atom stereocenters. The zero-order chi connectivity index (χ0) is 32.2. The topological polar surface area (TPSA) is 3.24 Å². The Bertz CT molecular complexity index is 2280. The molecule has 7 aromatic rings. The summed E-state index contributed by atoms with van der Waals surface area (Å²) in [7, 11) is 0. The smallest absolute Gasteiger partial charge is 0.0464 e. The summed E-state index contributed by atoms with van der Waals surface area (Å²) in [6.07, 6.45) is 2.35. The van der Waals surface area contributed by atoms with Gasteiger partial charge in [-0.25, -0.2) is 0 Å². The zero-order valence-corrected chi connectivity index (χ0v) is 27.4. The summed E-state index contributed by atoms with van der Waals surface area (Å²) in [4.78, 5) is 2.39. The molecular weight excluding hydrogens is 579 g/mol. The van der Waals surface area contributed by atoms with E-state index < -0.39 is 0 Å². The molecule has 2 aliphatic carbocycles. The third-order valence-electron chi connectivity index (χ3n) is 10.6. The largest absolute Gasteiger partial charge is 0.310 e. The second kappa shape index (κ2) is 11.2. The normalized spacial score (nSPS) is 13.6. The molecule has 9 rings (SSSR count). The summed E-state index contributed by atoms with van der Waals surface area (Å²) in [6.45, 7) is 4.74. The van der Waals surface area contributed by atoms with Gasteiger partial charge in [0.05, 0.1) is 0 Å². The van der Waals surface area contributed by atoms with E-state index in [1.165, 1.54) is 78.9 Å². The second-order valence-corrected chi connectivity index (χ2v) is 13.8. The van der Waals surface area contributed by atoms with Gasteiger partial charge in [-0.05, 0) is 128 Å². The van der Waals surface area contributed by atoms with Crippen molar-refractivity contribution in [2.75, 3.05) is 4.90 Å². The summed E-state index contributed by atoms with van der Waals surface area (Å²) in [5.41, 5.74) is 19.4. The fourth-order valence-electron chi connectivity index (χ4n) is 7.73. The minimum atomic E-state index is -0.0804. The van der Waals surface area contributed by atoms with E-state index in [4.69, 9.17) is 0 Å². The third-order valence-corrected chi connectivity index (χ3v) is 10.6. The van der Waals surface area contributed by atoms with Gasteiger partial charge in [-0.3, -0.25) is 0 Å². The molecule has 230 valence electrons. The first-order chi connectivity index (χ1) is 23.5. The highest BCUT2D eigenvalue weighted by atomic mass is 15.1. The van der Waals surface area contributed by atoms with Gasteiger partial charge in [0.25, 0.3) is 0 Å². The minimum absolute atomic E-state index is 0.0804. The Kier molecular flexibility index (Phi) is 6.69. The Labute approximate surface area is 283 Å². The molecule has 0 radical (unpaired) electrons. The standard InChI is InChI=1S/C47H37N/c1-47(2)45-30-38(33-11-7-4-8-12-33)20-27-43(45)44-28-21-39(31-46(44)47)36-17-24-41(25-18-36)48(42-26-19-35-13-14-37(35)29-42)40-22-15-34(16-23-40)32-9-5-3-6-10-32/h3-12,15-31H,13-14H2,1-2H3. The van der Waals surface area contributed by atoms with Gasteiger partial charge in [-0.2, -0.15) is 0 Å². The second-order valence-electron chi connectivity index (χ2n) is 13.8. The molecule has 0 aliphatic heterocycles. The van der Waals surface area contributed by atoms with Gasteiger partial charge >= 0.3 is 0 Å². The maximum absolute atomic E-state index is 2.42. The monoisotopic (exact) mass is 615 g/mol. The first kappa shape index (κ1) is 28.6. The minimum Gasteiger partial charge on any atom is -0.310 e. The summed E-state index contributed by atoms with van der Waals surface area (Å²) >= 11 is 0. The maximum atomic E-state index is 2.42. The van der Waals surface area contributed by atoms with Crippen molar-refractivity contribution in [1.82, 2.24) is 0 Å². The number of aryl methyl sites for hydroxylation is 2. The molecule has 0 spiro atoms. The van der Waals surface area contributed by atoms with Crippen LogP contribution in [0.4, 0.5) is 17.1 Å².